The summed E-state index contributed by atoms with van der Waals surface area (Å²) in [6, 6.07) is 7.25. The number of nitrogens with one attached hydrogen (secondary N) is 1. The molecule has 8 heteroatoms. The van der Waals surface area contributed by atoms with Gasteiger partial charge in [0, 0.05) is 14.1 Å². The predicted molar refractivity (Wildman–Crippen MR) is 89.8 cm³/mol. The van der Waals surface area contributed by atoms with Crippen molar-refractivity contribution in [3.8, 4) is 0 Å². The van der Waals surface area contributed by atoms with Crippen LogP contribution in [0.1, 0.15) is 21.5 Å². The van der Waals surface area contributed by atoms with Gasteiger partial charge in [-0.3, -0.25) is 9.59 Å². The van der Waals surface area contributed by atoms with Gasteiger partial charge in [-0.15, -0.1) is 11.3 Å². The Labute approximate surface area is 142 Å². The second-order valence-corrected chi connectivity index (χ2v) is 6.80. The van der Waals surface area contributed by atoms with Crippen molar-refractivity contribution in [1.82, 2.24) is 15.2 Å². The highest BCUT2D eigenvalue weighted by Crippen LogP contribution is 2.39. The molecule has 6 nitrogen and oxygen atoms in total. The SMILES string of the molecule is CNC(=O)CN1c2ccccc2C(=O)N(C)C1c1ncc(Cl)s1. The van der Waals surface area contributed by atoms with Crippen LogP contribution >= 0.6 is 22.9 Å². The van der Waals surface area contributed by atoms with Crippen molar-refractivity contribution >= 4 is 40.4 Å². The molecule has 2 aromatic rings. The van der Waals surface area contributed by atoms with E-state index in [4.69, 9.17) is 11.6 Å². The lowest BCUT2D eigenvalue weighted by atomic mass is 10.1. The molecular formula is C15H15ClN4O2S. The molecule has 1 aliphatic rings. The molecule has 1 unspecified atom stereocenters. The van der Waals surface area contributed by atoms with Crippen LogP contribution in [0.15, 0.2) is 30.5 Å². The predicted octanol–water partition coefficient (Wildman–Crippen LogP) is 2.13. The van der Waals surface area contributed by atoms with E-state index in [0.717, 1.165) is 5.69 Å². The number of likely N-dealkylation sites (N-methyl/N-ethyl adjacent to an activating group) is 1. The summed E-state index contributed by atoms with van der Waals surface area (Å²) in [5.41, 5.74) is 1.29. The maximum absolute atomic E-state index is 12.7. The van der Waals surface area contributed by atoms with E-state index in [-0.39, 0.29) is 18.4 Å². The monoisotopic (exact) mass is 350 g/mol. The van der Waals surface area contributed by atoms with E-state index in [9.17, 15) is 9.59 Å². The summed E-state index contributed by atoms with van der Waals surface area (Å²) in [6.45, 7) is 0.118. The van der Waals surface area contributed by atoms with E-state index < -0.39 is 6.17 Å². The number of fused-ring (bicyclic) bond motifs is 1. The maximum Gasteiger partial charge on any atom is 0.257 e. The number of rotatable bonds is 3. The van der Waals surface area contributed by atoms with Gasteiger partial charge in [0.2, 0.25) is 5.91 Å². The first kappa shape index (κ1) is 15.8. The minimum atomic E-state index is -0.466. The maximum atomic E-state index is 12.7. The zero-order chi connectivity index (χ0) is 16.6. The van der Waals surface area contributed by atoms with Gasteiger partial charge in [0.25, 0.3) is 5.91 Å². The summed E-state index contributed by atoms with van der Waals surface area (Å²) in [5.74, 6) is -0.250. The van der Waals surface area contributed by atoms with Crippen molar-refractivity contribution in [2.75, 3.05) is 25.5 Å². The van der Waals surface area contributed by atoms with Crippen LogP contribution in [0, 0.1) is 0 Å². The van der Waals surface area contributed by atoms with Gasteiger partial charge in [-0.1, -0.05) is 23.7 Å². The second-order valence-electron chi connectivity index (χ2n) is 5.11. The number of halogens is 1. The fraction of sp³-hybridized carbons (Fsp3) is 0.267. The van der Waals surface area contributed by atoms with Gasteiger partial charge in [0.1, 0.15) is 9.34 Å². The van der Waals surface area contributed by atoms with E-state index in [1.54, 1.807) is 31.3 Å². The Morgan fingerprint density at radius 3 is 2.83 bits per heavy atom. The number of hydrogen-bond acceptors (Lipinski definition) is 5. The minimum absolute atomic E-state index is 0.106. The molecule has 0 bridgehead atoms. The standard InChI is InChI=1S/C15H15ClN4O2S/c1-17-12(21)8-20-10-6-4-3-5-9(10)15(22)19(2)14(20)13-18-7-11(16)23-13/h3-7,14H,8H2,1-2H3,(H,17,21). The largest absolute Gasteiger partial charge is 0.358 e. The summed E-state index contributed by atoms with van der Waals surface area (Å²) in [7, 11) is 3.29. The third-order valence-electron chi connectivity index (χ3n) is 3.74. The van der Waals surface area contributed by atoms with Crippen LogP contribution in [0.5, 0.6) is 0 Å². The highest BCUT2D eigenvalue weighted by atomic mass is 35.5. The Kier molecular flexibility index (Phi) is 4.23. The van der Waals surface area contributed by atoms with Crippen LogP contribution < -0.4 is 10.2 Å². The third kappa shape index (κ3) is 2.77. The summed E-state index contributed by atoms with van der Waals surface area (Å²) in [5, 5.41) is 3.29. The first-order chi connectivity index (χ1) is 11.0. The molecule has 1 atom stereocenters. The van der Waals surface area contributed by atoms with E-state index >= 15 is 0 Å². The molecule has 1 aromatic heterocycles. The smallest absolute Gasteiger partial charge is 0.257 e. The molecule has 0 aliphatic carbocycles. The summed E-state index contributed by atoms with van der Waals surface area (Å²) < 4.78 is 0.541. The Morgan fingerprint density at radius 1 is 1.43 bits per heavy atom. The Balaban J connectivity index is 2.12. The number of benzene rings is 1. The molecule has 0 radical (unpaired) electrons. The highest BCUT2D eigenvalue weighted by Gasteiger charge is 2.38. The summed E-state index contributed by atoms with van der Waals surface area (Å²) in [4.78, 5) is 32.4. The topological polar surface area (TPSA) is 65.5 Å². The normalized spacial score (nSPS) is 17.2. The average Bonchev–Trinajstić information content (AvgIpc) is 2.98. The van der Waals surface area contributed by atoms with Crippen molar-refractivity contribution in [2.24, 2.45) is 0 Å². The second kappa shape index (κ2) is 6.17. The van der Waals surface area contributed by atoms with Gasteiger partial charge < -0.3 is 15.1 Å². The van der Waals surface area contributed by atoms with E-state index in [0.29, 0.717) is 14.9 Å². The molecule has 3 rings (SSSR count). The van der Waals surface area contributed by atoms with E-state index in [1.807, 2.05) is 23.1 Å². The Bertz CT molecular complexity index is 763. The van der Waals surface area contributed by atoms with Gasteiger partial charge in [-0.25, -0.2) is 4.98 Å². The van der Waals surface area contributed by atoms with Crippen LogP contribution in [-0.2, 0) is 4.79 Å². The number of para-hydroxylation sites is 1. The van der Waals surface area contributed by atoms with Crippen LogP contribution in [0.2, 0.25) is 4.34 Å². The van der Waals surface area contributed by atoms with Crippen molar-refractivity contribution < 1.29 is 9.59 Å². The lowest BCUT2D eigenvalue weighted by Gasteiger charge is -2.42. The summed E-state index contributed by atoms with van der Waals surface area (Å²) >= 11 is 7.30. The lowest BCUT2D eigenvalue weighted by Crippen LogP contribution is -2.50. The van der Waals surface area contributed by atoms with Gasteiger partial charge in [0.05, 0.1) is 24.0 Å². The van der Waals surface area contributed by atoms with Crippen LogP contribution in [0.4, 0.5) is 5.69 Å². The van der Waals surface area contributed by atoms with Gasteiger partial charge in [-0.2, -0.15) is 0 Å². The molecule has 2 amide bonds. The van der Waals surface area contributed by atoms with Crippen molar-refractivity contribution in [1.29, 1.82) is 0 Å². The highest BCUT2D eigenvalue weighted by molar-refractivity contribution is 7.15. The number of aromatic nitrogens is 1. The van der Waals surface area contributed by atoms with Gasteiger partial charge in [-0.05, 0) is 12.1 Å². The van der Waals surface area contributed by atoms with Crippen molar-refractivity contribution in [3.63, 3.8) is 0 Å². The molecule has 0 spiro atoms. The minimum Gasteiger partial charge on any atom is -0.358 e. The lowest BCUT2D eigenvalue weighted by molar-refractivity contribution is -0.119. The number of nitrogens with zero attached hydrogens (tertiary/aromatic N) is 3. The third-order valence-corrected chi connectivity index (χ3v) is 4.89. The average molecular weight is 351 g/mol. The zero-order valence-electron chi connectivity index (χ0n) is 12.6. The number of thiazole rings is 1. The fourth-order valence-corrected chi connectivity index (χ4v) is 3.72. The molecule has 0 saturated carbocycles. The number of carbonyl (C=O) groups is 2. The number of hydrogen-bond donors (Lipinski definition) is 1. The first-order valence-corrected chi connectivity index (χ1v) is 8.17. The fourth-order valence-electron chi connectivity index (χ4n) is 2.64. The van der Waals surface area contributed by atoms with Crippen LogP contribution in [-0.4, -0.2) is 42.3 Å². The Morgan fingerprint density at radius 2 is 2.17 bits per heavy atom. The van der Waals surface area contributed by atoms with Crippen molar-refractivity contribution in [2.45, 2.75) is 6.17 Å². The quantitative estimate of drug-likeness (QED) is 0.921. The molecule has 0 fully saturated rings. The number of amides is 2. The van der Waals surface area contributed by atoms with Crippen LogP contribution in [0.25, 0.3) is 0 Å². The summed E-state index contributed by atoms with van der Waals surface area (Å²) in [6.07, 6.45) is 1.09. The molecule has 120 valence electrons. The van der Waals surface area contributed by atoms with Gasteiger partial charge >= 0.3 is 0 Å². The zero-order valence-corrected chi connectivity index (χ0v) is 14.2. The van der Waals surface area contributed by atoms with Crippen molar-refractivity contribution in [3.05, 3.63) is 45.4 Å². The molecule has 1 aromatic carbocycles. The molecule has 23 heavy (non-hydrogen) atoms. The van der Waals surface area contributed by atoms with Crippen LogP contribution in [0.3, 0.4) is 0 Å². The first-order valence-electron chi connectivity index (χ1n) is 6.97. The Hall–Kier alpha value is -2.12. The van der Waals surface area contributed by atoms with E-state index in [1.165, 1.54) is 11.3 Å². The number of carbonyl (C=O) groups excluding carboxylic acids is 2. The molecular weight excluding hydrogens is 336 g/mol. The molecule has 2 heterocycles. The molecule has 1 N–H and O–H groups in total. The van der Waals surface area contributed by atoms with E-state index in [2.05, 4.69) is 10.3 Å². The molecule has 1 aliphatic heterocycles. The molecule has 0 saturated heterocycles. The number of anilines is 1. The van der Waals surface area contributed by atoms with Gasteiger partial charge in [0.15, 0.2) is 6.17 Å².